The Labute approximate surface area is 110 Å². The predicted molar refractivity (Wildman–Crippen MR) is 67.1 cm³/mol. The van der Waals surface area contributed by atoms with Crippen LogP contribution in [-0.4, -0.2) is 34.7 Å². The van der Waals surface area contributed by atoms with Crippen molar-refractivity contribution in [2.75, 3.05) is 11.4 Å². The zero-order valence-corrected chi connectivity index (χ0v) is 10.5. The Hall–Kier alpha value is -2.08. The van der Waals surface area contributed by atoms with Crippen LogP contribution in [0, 0.1) is 0 Å². The van der Waals surface area contributed by atoms with E-state index in [9.17, 15) is 9.59 Å². The summed E-state index contributed by atoms with van der Waals surface area (Å²) < 4.78 is 5.55. The van der Waals surface area contributed by atoms with E-state index in [4.69, 9.17) is 14.9 Å². The third-order valence-electron chi connectivity index (χ3n) is 2.97. The number of rotatable bonds is 4. The Kier molecular flexibility index (Phi) is 3.71. The molecule has 19 heavy (non-hydrogen) atoms. The van der Waals surface area contributed by atoms with Crippen molar-refractivity contribution in [1.82, 2.24) is 0 Å². The van der Waals surface area contributed by atoms with Gasteiger partial charge in [-0.2, -0.15) is 0 Å². The van der Waals surface area contributed by atoms with Crippen LogP contribution in [0.1, 0.15) is 18.9 Å². The van der Waals surface area contributed by atoms with E-state index in [-0.39, 0.29) is 12.5 Å². The number of carbonyl (C=O) groups is 2. The topological polar surface area (TPSA) is 87.1 Å². The van der Waals surface area contributed by atoms with Crippen molar-refractivity contribution >= 4 is 17.6 Å². The molecule has 2 N–H and O–H groups in total. The average molecular weight is 265 g/mol. The number of fused-ring (bicyclic) bond motifs is 1. The van der Waals surface area contributed by atoms with Gasteiger partial charge in [0.2, 0.25) is 0 Å². The van der Waals surface area contributed by atoms with Gasteiger partial charge in [0.05, 0.1) is 12.3 Å². The molecule has 0 radical (unpaired) electrons. The first-order valence-corrected chi connectivity index (χ1v) is 6.00. The second kappa shape index (κ2) is 5.27. The van der Waals surface area contributed by atoms with Crippen LogP contribution in [0.2, 0.25) is 0 Å². The van der Waals surface area contributed by atoms with Gasteiger partial charge in [-0.3, -0.25) is 14.5 Å². The second-order valence-corrected chi connectivity index (χ2v) is 4.29. The average Bonchev–Trinajstić information content (AvgIpc) is 2.40. The van der Waals surface area contributed by atoms with Crippen LogP contribution in [0.15, 0.2) is 18.2 Å². The quantitative estimate of drug-likeness (QED) is 0.839. The number of hydrogen-bond donors (Lipinski definition) is 2. The molecule has 1 unspecified atom stereocenters. The normalized spacial score (nSPS) is 17.9. The van der Waals surface area contributed by atoms with E-state index in [0.29, 0.717) is 23.4 Å². The van der Waals surface area contributed by atoms with Gasteiger partial charge < -0.3 is 14.9 Å². The number of nitrogens with zero attached hydrogens (tertiary/aromatic N) is 1. The van der Waals surface area contributed by atoms with E-state index in [0.717, 1.165) is 0 Å². The minimum atomic E-state index is -1.08. The summed E-state index contributed by atoms with van der Waals surface area (Å²) in [7, 11) is 0. The van der Waals surface area contributed by atoms with Gasteiger partial charge >= 0.3 is 5.97 Å². The molecule has 1 amide bonds. The first-order chi connectivity index (χ1) is 9.06. The standard InChI is InChI=1S/C13H15NO5/c1-2-10-13(18)14(6-12(16)17)9-4-3-8(7-15)5-11(9)19-10/h3-5,10,15H,2,6-7H2,1H3,(H,16,17). The monoisotopic (exact) mass is 265 g/mol. The number of aliphatic hydroxyl groups excluding tert-OH is 1. The maximum atomic E-state index is 12.1. The van der Waals surface area contributed by atoms with Crippen molar-refractivity contribution in [3.63, 3.8) is 0 Å². The van der Waals surface area contributed by atoms with Crippen LogP contribution < -0.4 is 9.64 Å². The summed E-state index contributed by atoms with van der Waals surface area (Å²) in [6, 6.07) is 4.85. The summed E-state index contributed by atoms with van der Waals surface area (Å²) in [5.74, 6) is -1.00. The number of amides is 1. The number of benzene rings is 1. The van der Waals surface area contributed by atoms with Gasteiger partial charge in [0.1, 0.15) is 12.3 Å². The van der Waals surface area contributed by atoms with Crippen molar-refractivity contribution in [2.45, 2.75) is 26.1 Å². The second-order valence-electron chi connectivity index (χ2n) is 4.29. The molecule has 1 aliphatic rings. The number of hydrogen-bond acceptors (Lipinski definition) is 4. The number of carboxylic acids is 1. The highest BCUT2D eigenvalue weighted by Crippen LogP contribution is 2.35. The lowest BCUT2D eigenvalue weighted by atomic mass is 10.1. The third kappa shape index (κ3) is 2.53. The Balaban J connectivity index is 2.43. The Morgan fingerprint density at radius 1 is 1.47 bits per heavy atom. The maximum absolute atomic E-state index is 12.1. The minimum Gasteiger partial charge on any atom is -0.480 e. The molecule has 0 bridgehead atoms. The van der Waals surface area contributed by atoms with Crippen LogP contribution in [0.4, 0.5) is 5.69 Å². The van der Waals surface area contributed by atoms with Crippen molar-refractivity contribution < 1.29 is 24.5 Å². The molecule has 6 heteroatoms. The molecule has 0 fully saturated rings. The van der Waals surface area contributed by atoms with E-state index in [1.807, 2.05) is 0 Å². The first kappa shape index (κ1) is 13.4. The zero-order chi connectivity index (χ0) is 14.0. The molecule has 1 aromatic carbocycles. The smallest absolute Gasteiger partial charge is 0.323 e. The molecule has 1 aromatic rings. The molecular formula is C13H15NO5. The number of aliphatic hydroxyl groups is 1. The minimum absolute atomic E-state index is 0.139. The van der Waals surface area contributed by atoms with Gasteiger partial charge in [-0.1, -0.05) is 13.0 Å². The lowest BCUT2D eigenvalue weighted by Crippen LogP contribution is -2.47. The van der Waals surface area contributed by atoms with Crippen molar-refractivity contribution in [1.29, 1.82) is 0 Å². The molecule has 6 nitrogen and oxygen atoms in total. The molecule has 1 heterocycles. The van der Waals surface area contributed by atoms with Crippen LogP contribution in [-0.2, 0) is 16.2 Å². The fourth-order valence-electron chi connectivity index (χ4n) is 2.03. The SMILES string of the molecule is CCC1Oc2cc(CO)ccc2N(CC(=O)O)C1=O. The maximum Gasteiger partial charge on any atom is 0.323 e. The fourth-order valence-corrected chi connectivity index (χ4v) is 2.03. The van der Waals surface area contributed by atoms with E-state index in [1.165, 1.54) is 4.90 Å². The zero-order valence-electron chi connectivity index (χ0n) is 10.5. The Morgan fingerprint density at radius 2 is 2.21 bits per heavy atom. The number of ether oxygens (including phenoxy) is 1. The molecule has 0 saturated carbocycles. The summed E-state index contributed by atoms with van der Waals surface area (Å²) in [4.78, 5) is 24.2. The summed E-state index contributed by atoms with van der Waals surface area (Å²) in [6.45, 7) is 1.26. The van der Waals surface area contributed by atoms with Gasteiger partial charge in [0, 0.05) is 0 Å². The fraction of sp³-hybridized carbons (Fsp3) is 0.385. The highest BCUT2D eigenvalue weighted by Gasteiger charge is 2.34. The number of carboxylic acid groups (broad SMARTS) is 1. The molecule has 0 aliphatic carbocycles. The van der Waals surface area contributed by atoms with Crippen molar-refractivity contribution in [2.24, 2.45) is 0 Å². The lowest BCUT2D eigenvalue weighted by Gasteiger charge is -2.33. The highest BCUT2D eigenvalue weighted by atomic mass is 16.5. The van der Waals surface area contributed by atoms with Gasteiger partial charge in [-0.05, 0) is 24.1 Å². The van der Waals surface area contributed by atoms with Crippen LogP contribution in [0.5, 0.6) is 5.75 Å². The van der Waals surface area contributed by atoms with Gasteiger partial charge in [-0.15, -0.1) is 0 Å². The summed E-state index contributed by atoms with van der Waals surface area (Å²) in [5.41, 5.74) is 1.08. The van der Waals surface area contributed by atoms with E-state index < -0.39 is 18.6 Å². The van der Waals surface area contributed by atoms with Gasteiger partial charge in [0.15, 0.2) is 6.10 Å². The number of aliphatic carboxylic acids is 1. The Bertz CT molecular complexity index is 514. The largest absolute Gasteiger partial charge is 0.480 e. The van der Waals surface area contributed by atoms with E-state index in [1.54, 1.807) is 25.1 Å². The van der Waals surface area contributed by atoms with Gasteiger partial charge in [-0.25, -0.2) is 0 Å². The molecule has 0 saturated heterocycles. The molecular weight excluding hydrogens is 250 g/mol. The lowest BCUT2D eigenvalue weighted by molar-refractivity contribution is -0.137. The van der Waals surface area contributed by atoms with Gasteiger partial charge in [0.25, 0.3) is 5.91 Å². The highest BCUT2D eigenvalue weighted by molar-refractivity contribution is 6.03. The van der Waals surface area contributed by atoms with Crippen LogP contribution in [0.25, 0.3) is 0 Å². The predicted octanol–water partition coefficient (Wildman–Crippen LogP) is 0.767. The van der Waals surface area contributed by atoms with Crippen LogP contribution >= 0.6 is 0 Å². The van der Waals surface area contributed by atoms with E-state index >= 15 is 0 Å². The molecule has 0 spiro atoms. The molecule has 0 aromatic heterocycles. The summed E-state index contributed by atoms with van der Waals surface area (Å²) >= 11 is 0. The molecule has 1 aliphatic heterocycles. The third-order valence-corrected chi connectivity index (χ3v) is 2.97. The summed E-state index contributed by atoms with van der Waals surface area (Å²) in [5, 5.41) is 18.0. The summed E-state index contributed by atoms with van der Waals surface area (Å²) in [6.07, 6.45) is -0.224. The number of anilines is 1. The van der Waals surface area contributed by atoms with Crippen LogP contribution in [0.3, 0.4) is 0 Å². The molecule has 2 rings (SSSR count). The molecule has 1 atom stereocenters. The Morgan fingerprint density at radius 3 is 2.79 bits per heavy atom. The van der Waals surface area contributed by atoms with Crippen molar-refractivity contribution in [3.8, 4) is 5.75 Å². The number of carbonyl (C=O) groups excluding carboxylic acids is 1. The first-order valence-electron chi connectivity index (χ1n) is 6.00. The van der Waals surface area contributed by atoms with E-state index in [2.05, 4.69) is 0 Å². The van der Waals surface area contributed by atoms with Crippen molar-refractivity contribution in [3.05, 3.63) is 23.8 Å². The molecule has 102 valence electrons.